The smallest absolute Gasteiger partial charge is 0.319 e. The number of carbonyl (C=O) groups is 2. The summed E-state index contributed by atoms with van der Waals surface area (Å²) in [5.41, 5.74) is 0.0154. The van der Waals surface area contributed by atoms with E-state index in [0.29, 0.717) is 5.69 Å². The third-order valence-corrected chi connectivity index (χ3v) is 4.07. The van der Waals surface area contributed by atoms with Crippen molar-refractivity contribution in [2.45, 2.75) is 12.8 Å². The number of rotatable bonds is 3. The second-order valence-corrected chi connectivity index (χ2v) is 5.38. The van der Waals surface area contributed by atoms with Crippen LogP contribution in [-0.2, 0) is 27.8 Å². The highest BCUT2D eigenvalue weighted by atomic mass is 16.5. The van der Waals surface area contributed by atoms with Gasteiger partial charge in [0.15, 0.2) is 11.2 Å². The zero-order valence-electron chi connectivity index (χ0n) is 11.7. The number of aromatic nitrogens is 2. The number of fused-ring (bicyclic) bond motifs is 1. The van der Waals surface area contributed by atoms with Gasteiger partial charge in [-0.2, -0.15) is 5.10 Å². The molecule has 1 aromatic carbocycles. The van der Waals surface area contributed by atoms with Gasteiger partial charge in [0.1, 0.15) is 0 Å². The van der Waals surface area contributed by atoms with Crippen LogP contribution in [-0.4, -0.2) is 39.9 Å². The van der Waals surface area contributed by atoms with Crippen LogP contribution in [0.4, 0.5) is 0 Å². The molecule has 1 N–H and O–H groups in total. The number of aryl methyl sites for hydroxylation is 1. The number of benzene rings is 1. The molecule has 2 heterocycles. The van der Waals surface area contributed by atoms with Gasteiger partial charge >= 0.3 is 5.97 Å². The van der Waals surface area contributed by atoms with Crippen molar-refractivity contribution in [3.63, 3.8) is 0 Å². The minimum atomic E-state index is -1.52. The summed E-state index contributed by atoms with van der Waals surface area (Å²) in [6.45, 7) is 0.197. The van der Waals surface area contributed by atoms with Crippen LogP contribution < -0.4 is 0 Å². The van der Waals surface area contributed by atoms with Crippen molar-refractivity contribution >= 4 is 22.7 Å². The number of hydrogen-bond acceptors (Lipinski definition) is 4. The first-order valence-electron chi connectivity index (χ1n) is 6.80. The first-order valence-corrected chi connectivity index (χ1v) is 6.80. The normalized spacial score (nSPS) is 22.6. The topological polar surface area (TPSA) is 81.4 Å². The van der Waals surface area contributed by atoms with E-state index in [-0.39, 0.29) is 31.8 Å². The van der Waals surface area contributed by atoms with Crippen molar-refractivity contribution < 1.29 is 19.4 Å². The van der Waals surface area contributed by atoms with Gasteiger partial charge in [-0.3, -0.25) is 14.3 Å². The van der Waals surface area contributed by atoms with E-state index in [2.05, 4.69) is 5.10 Å². The van der Waals surface area contributed by atoms with Crippen LogP contribution in [0, 0.1) is 5.41 Å². The molecule has 1 unspecified atom stereocenters. The van der Waals surface area contributed by atoms with Gasteiger partial charge in [-0.1, -0.05) is 18.2 Å². The summed E-state index contributed by atoms with van der Waals surface area (Å²) in [6, 6.07) is 7.58. The summed E-state index contributed by atoms with van der Waals surface area (Å²) >= 11 is 0. The molecule has 0 saturated carbocycles. The van der Waals surface area contributed by atoms with Crippen molar-refractivity contribution in [1.82, 2.24) is 9.78 Å². The number of carboxylic acid groups (broad SMARTS) is 1. The van der Waals surface area contributed by atoms with E-state index < -0.39 is 11.4 Å². The lowest BCUT2D eigenvalue weighted by atomic mass is 9.77. The summed E-state index contributed by atoms with van der Waals surface area (Å²) in [4.78, 5) is 23.9. The lowest BCUT2D eigenvalue weighted by molar-refractivity contribution is -0.164. The van der Waals surface area contributed by atoms with E-state index in [9.17, 15) is 14.7 Å². The highest BCUT2D eigenvalue weighted by molar-refractivity contribution is 6.04. The van der Waals surface area contributed by atoms with Gasteiger partial charge in [0, 0.05) is 25.3 Å². The van der Waals surface area contributed by atoms with Gasteiger partial charge < -0.3 is 9.84 Å². The van der Waals surface area contributed by atoms with Gasteiger partial charge in [0.05, 0.1) is 24.4 Å². The molecule has 1 aromatic heterocycles. The minimum absolute atomic E-state index is 0.0581. The van der Waals surface area contributed by atoms with Crippen LogP contribution in [0.15, 0.2) is 24.3 Å². The third kappa shape index (κ3) is 2.12. The van der Waals surface area contributed by atoms with Crippen molar-refractivity contribution in [1.29, 1.82) is 0 Å². The quantitative estimate of drug-likeness (QED) is 0.858. The fourth-order valence-corrected chi connectivity index (χ4v) is 2.84. The van der Waals surface area contributed by atoms with Crippen molar-refractivity contribution in [3.8, 4) is 0 Å². The first kappa shape index (κ1) is 13.8. The number of ketones is 1. The Bertz CT molecular complexity index is 722. The molecule has 1 aliphatic heterocycles. The predicted octanol–water partition coefficient (Wildman–Crippen LogP) is 1.18. The number of Topliss-reactive ketones (excluding diaryl/α,β-unsaturated/α-hetero) is 1. The highest BCUT2D eigenvalue weighted by Gasteiger charge is 2.48. The molecule has 0 radical (unpaired) electrons. The van der Waals surface area contributed by atoms with Crippen molar-refractivity contribution in [3.05, 3.63) is 30.0 Å². The molecule has 6 heteroatoms. The Labute approximate surface area is 121 Å². The second kappa shape index (κ2) is 4.96. The molecule has 1 aliphatic rings. The largest absolute Gasteiger partial charge is 0.480 e. The van der Waals surface area contributed by atoms with Gasteiger partial charge in [-0.25, -0.2) is 0 Å². The zero-order valence-corrected chi connectivity index (χ0v) is 11.7. The fourth-order valence-electron chi connectivity index (χ4n) is 2.84. The Morgan fingerprint density at radius 1 is 1.48 bits per heavy atom. The average molecular weight is 288 g/mol. The van der Waals surface area contributed by atoms with Crippen molar-refractivity contribution in [2.24, 2.45) is 12.5 Å². The van der Waals surface area contributed by atoms with E-state index in [1.807, 2.05) is 24.3 Å². The van der Waals surface area contributed by atoms with Gasteiger partial charge in [0.2, 0.25) is 0 Å². The Morgan fingerprint density at radius 2 is 2.24 bits per heavy atom. The van der Waals surface area contributed by atoms with Crippen LogP contribution in [0.1, 0.15) is 12.1 Å². The maximum absolute atomic E-state index is 12.2. The SMILES string of the molecule is Cn1nc(CC2(C(=O)O)COCCC2=O)c2ccccc21. The van der Waals surface area contributed by atoms with Gasteiger partial charge in [0.25, 0.3) is 0 Å². The number of nitrogens with zero attached hydrogens (tertiary/aromatic N) is 2. The Morgan fingerprint density at radius 3 is 2.95 bits per heavy atom. The summed E-state index contributed by atoms with van der Waals surface area (Å²) in [7, 11) is 1.80. The maximum atomic E-state index is 12.2. The molecule has 2 aromatic rings. The standard InChI is InChI=1S/C15H16N2O4/c1-17-12-5-3-2-4-10(12)11(16-17)8-15(14(19)20)9-21-7-6-13(15)18/h2-5H,6-9H2,1H3,(H,19,20). The molecule has 0 amide bonds. The molecular formula is C15H16N2O4. The summed E-state index contributed by atoms with van der Waals surface area (Å²) in [6.07, 6.45) is 0.194. The summed E-state index contributed by atoms with van der Waals surface area (Å²) < 4.78 is 6.97. The number of carbonyl (C=O) groups excluding carboxylic acids is 1. The Hall–Kier alpha value is -2.21. The van der Waals surface area contributed by atoms with Crippen molar-refractivity contribution in [2.75, 3.05) is 13.2 Å². The van der Waals surface area contributed by atoms with Crippen LogP contribution in [0.2, 0.25) is 0 Å². The van der Waals surface area contributed by atoms with Crippen LogP contribution in [0.25, 0.3) is 10.9 Å². The van der Waals surface area contributed by atoms with Crippen LogP contribution >= 0.6 is 0 Å². The maximum Gasteiger partial charge on any atom is 0.319 e. The number of aliphatic carboxylic acids is 1. The van der Waals surface area contributed by atoms with E-state index >= 15 is 0 Å². The lowest BCUT2D eigenvalue weighted by Gasteiger charge is -2.30. The van der Waals surface area contributed by atoms with Crippen LogP contribution in [0.3, 0.4) is 0 Å². The number of hydrogen-bond donors (Lipinski definition) is 1. The van der Waals surface area contributed by atoms with E-state index in [0.717, 1.165) is 10.9 Å². The molecule has 3 rings (SSSR count). The average Bonchev–Trinajstić information content (AvgIpc) is 2.78. The molecule has 110 valence electrons. The van der Waals surface area contributed by atoms with Gasteiger partial charge in [-0.05, 0) is 6.07 Å². The summed E-state index contributed by atoms with van der Waals surface area (Å²) in [5.74, 6) is -1.42. The molecule has 1 saturated heterocycles. The van der Waals surface area contributed by atoms with Gasteiger partial charge in [-0.15, -0.1) is 0 Å². The summed E-state index contributed by atoms with van der Waals surface area (Å²) in [5, 5.41) is 14.8. The Balaban J connectivity index is 2.07. The number of para-hydroxylation sites is 1. The monoisotopic (exact) mass is 288 g/mol. The molecular weight excluding hydrogens is 272 g/mol. The molecule has 1 fully saturated rings. The third-order valence-electron chi connectivity index (χ3n) is 4.07. The van der Waals surface area contributed by atoms with E-state index in [1.165, 1.54) is 0 Å². The molecule has 0 spiro atoms. The predicted molar refractivity (Wildman–Crippen MR) is 74.9 cm³/mol. The number of carboxylic acids is 1. The zero-order chi connectivity index (χ0) is 15.0. The molecule has 6 nitrogen and oxygen atoms in total. The lowest BCUT2D eigenvalue weighted by Crippen LogP contribution is -2.48. The molecule has 1 atom stereocenters. The highest BCUT2D eigenvalue weighted by Crippen LogP contribution is 2.32. The van der Waals surface area contributed by atoms with E-state index in [1.54, 1.807) is 11.7 Å². The minimum Gasteiger partial charge on any atom is -0.480 e. The molecule has 21 heavy (non-hydrogen) atoms. The second-order valence-electron chi connectivity index (χ2n) is 5.38. The van der Waals surface area contributed by atoms with Crippen LogP contribution in [0.5, 0.6) is 0 Å². The molecule has 0 aliphatic carbocycles. The number of ether oxygens (including phenoxy) is 1. The molecule has 0 bridgehead atoms. The fraction of sp³-hybridized carbons (Fsp3) is 0.400. The Kier molecular flexibility index (Phi) is 3.25. The van der Waals surface area contributed by atoms with E-state index in [4.69, 9.17) is 4.74 Å². The first-order chi connectivity index (χ1) is 10.0.